The average Bonchev–Trinajstić information content (AvgIpc) is 3.33. The number of nitrogens with one attached hydrogen (secondary N) is 2. The quantitative estimate of drug-likeness (QED) is 0.590. The van der Waals surface area contributed by atoms with E-state index in [4.69, 9.17) is 5.73 Å². The minimum atomic E-state index is -0.125. The molecule has 5 rings (SSSR count). The number of carbonyl (C=O) groups is 1. The molecule has 7 heteroatoms. The molecule has 2 aliphatic heterocycles. The number of rotatable bonds is 5. The molecule has 0 bridgehead atoms. The molecule has 30 heavy (non-hydrogen) atoms. The van der Waals surface area contributed by atoms with E-state index in [-0.39, 0.29) is 5.91 Å². The van der Waals surface area contributed by atoms with Gasteiger partial charge in [0.1, 0.15) is 9.71 Å². The predicted octanol–water partition coefficient (Wildman–Crippen LogP) is 3.10. The molecule has 0 unspecified atom stereocenters. The number of anilines is 2. The minimum absolute atomic E-state index is 0.125. The van der Waals surface area contributed by atoms with E-state index in [0.717, 1.165) is 42.0 Å². The Kier molecular flexibility index (Phi) is 4.87. The summed E-state index contributed by atoms with van der Waals surface area (Å²) < 4.78 is 0. The number of thiophene rings is 1. The summed E-state index contributed by atoms with van der Waals surface area (Å²) in [7, 11) is 0. The van der Waals surface area contributed by atoms with Crippen molar-refractivity contribution < 1.29 is 4.79 Å². The molecule has 1 aromatic carbocycles. The third kappa shape index (κ3) is 3.52. The van der Waals surface area contributed by atoms with Gasteiger partial charge in [0, 0.05) is 36.4 Å². The van der Waals surface area contributed by atoms with Crippen LogP contribution in [0.1, 0.15) is 33.8 Å². The number of hydrogen-bond donors (Lipinski definition) is 3. The molecular formula is C23H27N5OS. The van der Waals surface area contributed by atoms with Crippen LogP contribution in [0.2, 0.25) is 0 Å². The van der Waals surface area contributed by atoms with Gasteiger partial charge in [-0.3, -0.25) is 4.79 Å². The van der Waals surface area contributed by atoms with Crippen LogP contribution in [0.15, 0.2) is 36.4 Å². The molecule has 0 saturated carbocycles. The molecule has 0 atom stereocenters. The van der Waals surface area contributed by atoms with E-state index in [9.17, 15) is 4.79 Å². The van der Waals surface area contributed by atoms with E-state index in [1.165, 1.54) is 35.4 Å². The van der Waals surface area contributed by atoms with Gasteiger partial charge in [0.15, 0.2) is 0 Å². The summed E-state index contributed by atoms with van der Waals surface area (Å²) in [6, 6.07) is 12.6. The second kappa shape index (κ2) is 7.56. The maximum atomic E-state index is 12.6. The van der Waals surface area contributed by atoms with Gasteiger partial charge in [-0.25, -0.2) is 4.98 Å². The fraction of sp³-hybridized carbons (Fsp3) is 0.391. The highest BCUT2D eigenvalue weighted by molar-refractivity contribution is 7.21. The van der Waals surface area contributed by atoms with Gasteiger partial charge in [-0.1, -0.05) is 12.1 Å². The number of aryl methyl sites for hydroxylation is 1. The number of carbonyl (C=O) groups excluding carboxylic acids is 1. The molecule has 2 aromatic heterocycles. The van der Waals surface area contributed by atoms with Gasteiger partial charge in [0.2, 0.25) is 0 Å². The monoisotopic (exact) mass is 421 g/mol. The first-order valence-corrected chi connectivity index (χ1v) is 11.4. The highest BCUT2D eigenvalue weighted by atomic mass is 32.1. The zero-order valence-corrected chi connectivity index (χ0v) is 18.0. The van der Waals surface area contributed by atoms with Crippen LogP contribution in [-0.4, -0.2) is 42.6 Å². The Morgan fingerprint density at radius 1 is 1.27 bits per heavy atom. The molecule has 0 radical (unpaired) electrons. The fourth-order valence-corrected chi connectivity index (χ4v) is 5.59. The first-order chi connectivity index (χ1) is 14.5. The van der Waals surface area contributed by atoms with Gasteiger partial charge in [-0.15, -0.1) is 11.3 Å². The summed E-state index contributed by atoms with van der Waals surface area (Å²) in [5, 5.41) is 7.51. The fourth-order valence-electron chi connectivity index (χ4n) is 4.54. The van der Waals surface area contributed by atoms with Crippen LogP contribution >= 0.6 is 11.3 Å². The van der Waals surface area contributed by atoms with E-state index >= 15 is 0 Å². The second-order valence-electron chi connectivity index (χ2n) is 8.49. The number of fused-ring (bicyclic) bond motifs is 1. The van der Waals surface area contributed by atoms with Gasteiger partial charge >= 0.3 is 0 Å². The largest absolute Gasteiger partial charge is 0.397 e. The van der Waals surface area contributed by atoms with Crippen molar-refractivity contribution in [3.8, 4) is 0 Å². The Balaban J connectivity index is 1.15. The predicted molar refractivity (Wildman–Crippen MR) is 123 cm³/mol. The van der Waals surface area contributed by atoms with E-state index in [0.29, 0.717) is 22.6 Å². The first-order valence-electron chi connectivity index (χ1n) is 10.6. The number of nitrogens with zero attached hydrogens (tertiary/aromatic N) is 2. The number of aromatic nitrogens is 1. The Hall–Kier alpha value is -2.64. The van der Waals surface area contributed by atoms with Crippen LogP contribution in [-0.2, 0) is 6.42 Å². The lowest BCUT2D eigenvalue weighted by Gasteiger charge is -2.49. The number of nitrogen functional groups attached to an aromatic ring is 1. The Morgan fingerprint density at radius 2 is 2.07 bits per heavy atom. The summed E-state index contributed by atoms with van der Waals surface area (Å²) in [5.41, 5.74) is 10.5. The Bertz CT molecular complexity index is 1080. The summed E-state index contributed by atoms with van der Waals surface area (Å²) >= 11 is 1.36. The van der Waals surface area contributed by atoms with E-state index in [1.54, 1.807) is 0 Å². The molecule has 2 fully saturated rings. The molecular weight excluding hydrogens is 394 g/mol. The van der Waals surface area contributed by atoms with Crippen LogP contribution in [0.3, 0.4) is 0 Å². The minimum Gasteiger partial charge on any atom is -0.397 e. The van der Waals surface area contributed by atoms with Gasteiger partial charge in [0.05, 0.1) is 11.2 Å². The molecule has 2 saturated heterocycles. The summed E-state index contributed by atoms with van der Waals surface area (Å²) in [4.78, 5) is 20.9. The maximum Gasteiger partial charge on any atom is 0.263 e. The van der Waals surface area contributed by atoms with Crippen molar-refractivity contribution in [2.24, 2.45) is 0 Å². The van der Waals surface area contributed by atoms with Gasteiger partial charge < -0.3 is 21.3 Å². The number of nitrogens with two attached hydrogens (primary N) is 1. The third-order valence-corrected chi connectivity index (χ3v) is 7.37. The number of hydrogen-bond acceptors (Lipinski definition) is 6. The van der Waals surface area contributed by atoms with Crippen molar-refractivity contribution >= 4 is 38.8 Å². The number of benzene rings is 1. The second-order valence-corrected chi connectivity index (χ2v) is 9.49. The molecule has 2 aliphatic rings. The molecule has 1 spiro atoms. The lowest BCUT2D eigenvalue weighted by atomic mass is 9.87. The summed E-state index contributed by atoms with van der Waals surface area (Å²) in [6.45, 7) is 5.88. The average molecular weight is 422 g/mol. The molecule has 0 aliphatic carbocycles. The number of pyridine rings is 1. The van der Waals surface area contributed by atoms with E-state index in [2.05, 4.69) is 44.8 Å². The van der Waals surface area contributed by atoms with Gasteiger partial charge in [0.25, 0.3) is 5.91 Å². The zero-order valence-electron chi connectivity index (χ0n) is 17.2. The van der Waals surface area contributed by atoms with E-state index in [1.807, 2.05) is 19.1 Å². The van der Waals surface area contributed by atoms with Crippen molar-refractivity contribution in [3.05, 3.63) is 52.5 Å². The number of amides is 1. The van der Waals surface area contributed by atoms with Crippen molar-refractivity contribution in [1.82, 2.24) is 15.6 Å². The van der Waals surface area contributed by atoms with Crippen LogP contribution in [0.4, 0.5) is 11.4 Å². The van der Waals surface area contributed by atoms with Crippen molar-refractivity contribution in [3.63, 3.8) is 0 Å². The molecule has 6 nitrogen and oxygen atoms in total. The molecule has 1 amide bonds. The lowest BCUT2D eigenvalue weighted by molar-refractivity contribution is 0.0959. The Labute approximate surface area is 180 Å². The molecule has 4 N–H and O–H groups in total. The summed E-state index contributed by atoms with van der Waals surface area (Å²) in [6.07, 6.45) is 3.38. The van der Waals surface area contributed by atoms with Crippen LogP contribution in [0, 0.1) is 6.92 Å². The highest BCUT2D eigenvalue weighted by Gasteiger charge is 2.44. The first kappa shape index (κ1) is 19.3. The Morgan fingerprint density at radius 3 is 2.80 bits per heavy atom. The zero-order chi connectivity index (χ0) is 20.7. The normalized spacial score (nSPS) is 17.4. The lowest BCUT2D eigenvalue weighted by Crippen LogP contribution is -2.66. The van der Waals surface area contributed by atoms with Crippen molar-refractivity contribution in [2.75, 3.05) is 36.8 Å². The topological polar surface area (TPSA) is 83.3 Å². The van der Waals surface area contributed by atoms with Gasteiger partial charge in [-0.05, 0) is 62.6 Å². The van der Waals surface area contributed by atoms with Crippen molar-refractivity contribution in [2.45, 2.75) is 31.7 Å². The maximum absolute atomic E-state index is 12.6. The SMILES string of the molecule is Cc1ccc2c(N)c(C(=O)NCCc3ccc(N4CC5(CCCN5)C4)cc3)sc2n1. The van der Waals surface area contributed by atoms with Gasteiger partial charge in [-0.2, -0.15) is 0 Å². The third-order valence-electron chi connectivity index (χ3n) is 6.26. The van der Waals surface area contributed by atoms with Crippen LogP contribution in [0.5, 0.6) is 0 Å². The smallest absolute Gasteiger partial charge is 0.263 e. The van der Waals surface area contributed by atoms with Crippen LogP contribution in [0.25, 0.3) is 10.2 Å². The standard InChI is InChI=1S/C23H27N5OS/c1-15-3-8-18-19(24)20(30-22(18)27-15)21(29)25-12-9-16-4-6-17(7-5-16)28-13-23(14-28)10-2-11-26-23/h3-8,26H,2,9-14,24H2,1H3,(H,25,29). The highest BCUT2D eigenvalue weighted by Crippen LogP contribution is 2.34. The molecule has 3 aromatic rings. The summed E-state index contributed by atoms with van der Waals surface area (Å²) in [5.74, 6) is -0.125. The molecule has 4 heterocycles. The van der Waals surface area contributed by atoms with Crippen molar-refractivity contribution in [1.29, 1.82) is 0 Å². The molecule has 156 valence electrons. The van der Waals surface area contributed by atoms with Crippen LogP contribution < -0.4 is 21.3 Å². The van der Waals surface area contributed by atoms with E-state index < -0.39 is 0 Å².